The highest BCUT2D eigenvalue weighted by Gasteiger charge is 2.26. The van der Waals surface area contributed by atoms with Crippen molar-refractivity contribution in [2.45, 2.75) is 90.1 Å². The summed E-state index contributed by atoms with van der Waals surface area (Å²) in [7, 11) is 0. The Kier molecular flexibility index (Phi) is 7.12. The first-order valence-corrected chi connectivity index (χ1v) is 11.7. The molecular weight excluding hydrogens is 396 g/mol. The molecule has 1 aliphatic rings. The van der Waals surface area contributed by atoms with Crippen LogP contribution in [-0.2, 0) is 10.8 Å². The molecule has 1 saturated carbocycles. The molecule has 0 saturated heterocycles. The summed E-state index contributed by atoms with van der Waals surface area (Å²) in [6.45, 7) is 13.0. The molecule has 3 rings (SSSR count). The van der Waals surface area contributed by atoms with Crippen molar-refractivity contribution < 1.29 is 10.2 Å². The van der Waals surface area contributed by atoms with Crippen LogP contribution in [0.3, 0.4) is 0 Å². The molecule has 0 aromatic heterocycles. The lowest BCUT2D eigenvalue weighted by Crippen LogP contribution is -2.27. The summed E-state index contributed by atoms with van der Waals surface area (Å²) < 4.78 is 0. The second-order valence-corrected chi connectivity index (χ2v) is 11.0. The molecule has 0 heterocycles. The Morgan fingerprint density at radius 2 is 1.34 bits per heavy atom. The lowest BCUT2D eigenvalue weighted by atomic mass is 9.79. The third kappa shape index (κ3) is 5.79. The van der Waals surface area contributed by atoms with Crippen LogP contribution in [0.15, 0.2) is 46.4 Å². The monoisotopic (exact) mass is 434 g/mol. The molecule has 0 radical (unpaired) electrons. The second kappa shape index (κ2) is 9.48. The Balaban J connectivity index is 1.91. The van der Waals surface area contributed by atoms with Gasteiger partial charge >= 0.3 is 0 Å². The van der Waals surface area contributed by atoms with Crippen molar-refractivity contribution in [3.63, 3.8) is 0 Å². The predicted octanol–water partition coefficient (Wildman–Crippen LogP) is 6.54. The average molecular weight is 435 g/mol. The molecule has 0 spiro atoms. The van der Waals surface area contributed by atoms with E-state index in [-0.39, 0.29) is 28.7 Å². The van der Waals surface area contributed by atoms with E-state index < -0.39 is 0 Å². The van der Waals surface area contributed by atoms with Crippen molar-refractivity contribution in [1.82, 2.24) is 0 Å². The maximum Gasteiger partial charge on any atom is 0.128 e. The van der Waals surface area contributed by atoms with Crippen LogP contribution in [0.5, 0.6) is 11.5 Å². The Morgan fingerprint density at radius 1 is 0.781 bits per heavy atom. The second-order valence-electron chi connectivity index (χ2n) is 11.0. The summed E-state index contributed by atoms with van der Waals surface area (Å²) in [6, 6.07) is 11.6. The fourth-order valence-electron chi connectivity index (χ4n) is 4.15. The molecule has 172 valence electrons. The summed E-state index contributed by atoms with van der Waals surface area (Å²) in [6.07, 6.45) is 7.83. The molecule has 0 bridgehead atoms. The summed E-state index contributed by atoms with van der Waals surface area (Å²) in [5, 5.41) is 21.1. The van der Waals surface area contributed by atoms with Gasteiger partial charge in [0.1, 0.15) is 11.5 Å². The first-order chi connectivity index (χ1) is 15.0. The smallest absolute Gasteiger partial charge is 0.128 e. The largest absolute Gasteiger partial charge is 0.507 e. The van der Waals surface area contributed by atoms with Gasteiger partial charge in [0.25, 0.3) is 0 Å². The zero-order valence-electron chi connectivity index (χ0n) is 20.4. The minimum absolute atomic E-state index is 0.0222. The first kappa shape index (κ1) is 24.0. The van der Waals surface area contributed by atoms with Crippen molar-refractivity contribution in [2.75, 3.05) is 0 Å². The molecule has 0 amide bonds. The fraction of sp³-hybridized carbons (Fsp3) is 0.500. The normalized spacial score (nSPS) is 20.3. The first-order valence-electron chi connectivity index (χ1n) is 11.7. The van der Waals surface area contributed by atoms with Crippen LogP contribution < -0.4 is 0 Å². The highest BCUT2D eigenvalue weighted by Crippen LogP contribution is 2.37. The van der Waals surface area contributed by atoms with E-state index in [1.807, 2.05) is 24.4 Å². The summed E-state index contributed by atoms with van der Waals surface area (Å²) >= 11 is 0. The van der Waals surface area contributed by atoms with Gasteiger partial charge < -0.3 is 10.2 Å². The summed E-state index contributed by atoms with van der Waals surface area (Å²) in [5.41, 5.74) is 3.46. The molecule has 2 atom stereocenters. The number of nitrogens with zero attached hydrogens (tertiary/aromatic N) is 2. The minimum atomic E-state index is -0.163. The van der Waals surface area contributed by atoms with E-state index in [4.69, 9.17) is 9.98 Å². The van der Waals surface area contributed by atoms with E-state index in [9.17, 15) is 10.2 Å². The van der Waals surface area contributed by atoms with Crippen molar-refractivity contribution in [3.8, 4) is 11.5 Å². The molecule has 1 fully saturated rings. The summed E-state index contributed by atoms with van der Waals surface area (Å²) in [5.74, 6) is 0.560. The van der Waals surface area contributed by atoms with Crippen molar-refractivity contribution >= 4 is 12.4 Å². The molecule has 4 heteroatoms. The van der Waals surface area contributed by atoms with Crippen LogP contribution in [0, 0.1) is 0 Å². The van der Waals surface area contributed by atoms with Gasteiger partial charge in [-0.05, 0) is 47.4 Å². The molecule has 0 aliphatic heterocycles. The highest BCUT2D eigenvalue weighted by molar-refractivity contribution is 5.85. The number of benzene rings is 2. The van der Waals surface area contributed by atoms with Crippen LogP contribution >= 0.6 is 0 Å². The van der Waals surface area contributed by atoms with Crippen LogP contribution in [0.1, 0.15) is 89.5 Å². The van der Waals surface area contributed by atoms with Gasteiger partial charge in [-0.2, -0.15) is 0 Å². The molecule has 4 nitrogen and oxygen atoms in total. The third-order valence-corrected chi connectivity index (χ3v) is 6.25. The quantitative estimate of drug-likeness (QED) is 0.536. The number of phenolic OH excluding ortho intramolecular Hbond substituents is 2. The predicted molar refractivity (Wildman–Crippen MR) is 135 cm³/mol. The van der Waals surface area contributed by atoms with Crippen LogP contribution in [-0.4, -0.2) is 34.7 Å². The van der Waals surface area contributed by atoms with Crippen LogP contribution in [0.2, 0.25) is 0 Å². The molecule has 0 unspecified atom stereocenters. The Labute approximate surface area is 193 Å². The van der Waals surface area contributed by atoms with Crippen LogP contribution in [0.4, 0.5) is 0 Å². The standard InChI is InChI=1S/C28H38N2O2/c1-27(2,3)21-15-20(26(32)22(16-21)28(4,5)6)18-30-24-13-9-8-12-23(24)29-17-19-11-7-10-14-25(19)31/h7,10-11,14-18,23-24,31-32H,8-9,12-13H2,1-6H3/t23-,24-/m1/s1. The number of phenols is 2. The SMILES string of the molecule is CC(C)(C)c1cc(C=N[C@@H]2CCCC[C@H]2N=Cc2ccccc2O)c(O)c(C(C)(C)C)c1. The molecule has 2 N–H and O–H groups in total. The number of rotatable bonds is 4. The maximum atomic E-state index is 11.0. The Morgan fingerprint density at radius 3 is 1.88 bits per heavy atom. The zero-order chi connectivity index (χ0) is 23.5. The topological polar surface area (TPSA) is 65.2 Å². The van der Waals surface area contributed by atoms with Crippen LogP contribution in [0.25, 0.3) is 0 Å². The maximum absolute atomic E-state index is 11.0. The Bertz CT molecular complexity index is 993. The van der Waals surface area contributed by atoms with E-state index in [0.29, 0.717) is 5.75 Å². The van der Waals surface area contributed by atoms with E-state index >= 15 is 0 Å². The van der Waals surface area contributed by atoms with Gasteiger partial charge in [0.15, 0.2) is 0 Å². The van der Waals surface area contributed by atoms with Gasteiger partial charge in [0.05, 0.1) is 12.1 Å². The van der Waals surface area contributed by atoms with Gasteiger partial charge in [-0.3, -0.25) is 9.98 Å². The fourth-order valence-corrected chi connectivity index (χ4v) is 4.15. The number of para-hydroxylation sites is 1. The van der Waals surface area contributed by atoms with E-state index in [2.05, 4.69) is 53.7 Å². The van der Waals surface area contributed by atoms with Gasteiger partial charge in [-0.1, -0.05) is 72.6 Å². The van der Waals surface area contributed by atoms with E-state index in [1.165, 1.54) is 5.56 Å². The third-order valence-electron chi connectivity index (χ3n) is 6.25. The molecule has 2 aromatic rings. The molecule has 32 heavy (non-hydrogen) atoms. The minimum Gasteiger partial charge on any atom is -0.507 e. The molecule has 1 aliphatic carbocycles. The number of aliphatic imine (C=N–C) groups is 2. The van der Waals surface area contributed by atoms with E-state index in [1.54, 1.807) is 12.3 Å². The number of hydrogen-bond donors (Lipinski definition) is 2. The lowest BCUT2D eigenvalue weighted by molar-refractivity contribution is 0.390. The van der Waals surface area contributed by atoms with Gasteiger partial charge in [0, 0.05) is 29.1 Å². The lowest BCUT2D eigenvalue weighted by Gasteiger charge is -2.27. The van der Waals surface area contributed by atoms with E-state index in [0.717, 1.165) is 42.4 Å². The molecular formula is C28H38N2O2. The van der Waals surface area contributed by atoms with Crippen molar-refractivity contribution in [2.24, 2.45) is 9.98 Å². The Hall–Kier alpha value is -2.62. The van der Waals surface area contributed by atoms with Gasteiger partial charge in [-0.15, -0.1) is 0 Å². The highest BCUT2D eigenvalue weighted by atomic mass is 16.3. The zero-order valence-corrected chi connectivity index (χ0v) is 20.4. The molecule has 2 aromatic carbocycles. The average Bonchev–Trinajstić information content (AvgIpc) is 2.71. The van der Waals surface area contributed by atoms with Gasteiger partial charge in [-0.25, -0.2) is 0 Å². The number of hydrogen-bond acceptors (Lipinski definition) is 4. The number of aromatic hydroxyl groups is 2. The summed E-state index contributed by atoms with van der Waals surface area (Å²) in [4.78, 5) is 9.70. The van der Waals surface area contributed by atoms with Crippen molar-refractivity contribution in [3.05, 3.63) is 58.7 Å². The van der Waals surface area contributed by atoms with Crippen molar-refractivity contribution in [1.29, 1.82) is 0 Å². The van der Waals surface area contributed by atoms with Gasteiger partial charge in [0.2, 0.25) is 0 Å².